The maximum Gasteiger partial charge on any atom is 0.416 e. The van der Waals surface area contributed by atoms with Gasteiger partial charge in [-0.1, -0.05) is 61.0 Å². The number of anilines is 1. The zero-order chi connectivity index (χ0) is 30.4. The van der Waals surface area contributed by atoms with Gasteiger partial charge in [-0.25, -0.2) is 8.42 Å². The molecule has 0 aliphatic carbocycles. The number of carbonyl (C=O) groups is 2. The monoisotopic (exact) mass is 589 g/mol. The summed E-state index contributed by atoms with van der Waals surface area (Å²) in [4.78, 5) is 28.0. The number of rotatable bonds is 11. The molecule has 2 amide bonds. The van der Waals surface area contributed by atoms with Crippen molar-refractivity contribution in [2.24, 2.45) is 0 Å². The molecular formula is C30H34F3N3O4S. The van der Waals surface area contributed by atoms with Gasteiger partial charge in [-0.2, -0.15) is 13.2 Å². The van der Waals surface area contributed by atoms with Gasteiger partial charge in [0.25, 0.3) is 10.0 Å². The van der Waals surface area contributed by atoms with Crippen LogP contribution >= 0.6 is 0 Å². The van der Waals surface area contributed by atoms with Crippen molar-refractivity contribution in [1.29, 1.82) is 0 Å². The van der Waals surface area contributed by atoms with E-state index in [-0.39, 0.29) is 23.2 Å². The summed E-state index contributed by atoms with van der Waals surface area (Å²) < 4.78 is 69.0. The number of amides is 2. The lowest BCUT2D eigenvalue weighted by molar-refractivity contribution is -0.139. The molecule has 7 nitrogen and oxygen atoms in total. The maximum atomic E-state index is 13.9. The van der Waals surface area contributed by atoms with Crippen LogP contribution in [-0.4, -0.2) is 43.8 Å². The lowest BCUT2D eigenvalue weighted by atomic mass is 10.1. The number of sulfonamides is 1. The van der Waals surface area contributed by atoms with Crippen LogP contribution in [0.3, 0.4) is 0 Å². The van der Waals surface area contributed by atoms with E-state index in [4.69, 9.17) is 0 Å². The molecule has 1 N–H and O–H groups in total. The Balaban J connectivity index is 2.07. The average molecular weight is 590 g/mol. The molecule has 220 valence electrons. The highest BCUT2D eigenvalue weighted by atomic mass is 32.2. The largest absolute Gasteiger partial charge is 0.416 e. The van der Waals surface area contributed by atoms with E-state index in [0.29, 0.717) is 22.4 Å². The lowest BCUT2D eigenvalue weighted by Gasteiger charge is -2.32. The van der Waals surface area contributed by atoms with Gasteiger partial charge in [-0.3, -0.25) is 13.9 Å². The highest BCUT2D eigenvalue weighted by molar-refractivity contribution is 7.92. The van der Waals surface area contributed by atoms with E-state index in [0.717, 1.165) is 17.7 Å². The third-order valence-corrected chi connectivity index (χ3v) is 8.50. The smallest absolute Gasteiger partial charge is 0.352 e. The fraction of sp³-hybridized carbons (Fsp3) is 0.333. The molecule has 0 spiro atoms. The third kappa shape index (κ3) is 8.09. The van der Waals surface area contributed by atoms with Crippen LogP contribution in [0, 0.1) is 6.92 Å². The number of halogens is 3. The van der Waals surface area contributed by atoms with Crippen molar-refractivity contribution in [3.8, 4) is 0 Å². The molecule has 0 aromatic heterocycles. The second-order valence-corrected chi connectivity index (χ2v) is 11.7. The molecule has 2 atom stereocenters. The van der Waals surface area contributed by atoms with Crippen molar-refractivity contribution in [1.82, 2.24) is 10.2 Å². The predicted molar refractivity (Wildman–Crippen MR) is 152 cm³/mol. The van der Waals surface area contributed by atoms with Gasteiger partial charge in [0.05, 0.1) is 16.1 Å². The van der Waals surface area contributed by atoms with Gasteiger partial charge in [0.1, 0.15) is 12.6 Å². The van der Waals surface area contributed by atoms with E-state index in [1.165, 1.54) is 30.0 Å². The van der Waals surface area contributed by atoms with E-state index in [1.807, 2.05) is 13.8 Å². The molecule has 3 aromatic carbocycles. The van der Waals surface area contributed by atoms with Crippen LogP contribution in [-0.2, 0) is 32.3 Å². The number of nitrogens with zero attached hydrogens (tertiary/aromatic N) is 2. The van der Waals surface area contributed by atoms with E-state index < -0.39 is 46.2 Å². The predicted octanol–water partition coefficient (Wildman–Crippen LogP) is 5.54. The second-order valence-electron chi connectivity index (χ2n) is 9.87. The van der Waals surface area contributed by atoms with E-state index in [2.05, 4.69) is 5.32 Å². The molecule has 0 fully saturated rings. The van der Waals surface area contributed by atoms with E-state index in [9.17, 15) is 31.2 Å². The summed E-state index contributed by atoms with van der Waals surface area (Å²) in [5.74, 6) is -1.19. The summed E-state index contributed by atoms with van der Waals surface area (Å²) in [5, 5.41) is 2.83. The molecule has 0 saturated heterocycles. The maximum absolute atomic E-state index is 13.9. The van der Waals surface area contributed by atoms with Crippen LogP contribution in [0.4, 0.5) is 18.9 Å². The van der Waals surface area contributed by atoms with Gasteiger partial charge < -0.3 is 10.2 Å². The van der Waals surface area contributed by atoms with Crippen LogP contribution in [0.1, 0.15) is 43.9 Å². The topological polar surface area (TPSA) is 86.8 Å². The van der Waals surface area contributed by atoms with Crippen molar-refractivity contribution in [2.45, 2.75) is 63.8 Å². The van der Waals surface area contributed by atoms with Gasteiger partial charge in [-0.15, -0.1) is 0 Å². The Morgan fingerprint density at radius 3 is 2.15 bits per heavy atom. The van der Waals surface area contributed by atoms with Crippen LogP contribution in [0.25, 0.3) is 0 Å². The molecule has 0 bridgehead atoms. The summed E-state index contributed by atoms with van der Waals surface area (Å²) in [5.41, 5.74) is 0.0796. The lowest BCUT2D eigenvalue weighted by Crippen LogP contribution is -2.52. The quantitative estimate of drug-likeness (QED) is 0.318. The summed E-state index contributed by atoms with van der Waals surface area (Å²) in [6.45, 7) is 6.16. The number of hydrogen-bond donors (Lipinski definition) is 1. The minimum Gasteiger partial charge on any atom is -0.352 e. The van der Waals surface area contributed by atoms with Gasteiger partial charge in [-0.05, 0) is 63.1 Å². The van der Waals surface area contributed by atoms with Crippen molar-refractivity contribution in [3.63, 3.8) is 0 Å². The zero-order valence-corrected chi connectivity index (χ0v) is 24.2. The molecule has 2 unspecified atom stereocenters. The molecular weight excluding hydrogens is 555 g/mol. The van der Waals surface area contributed by atoms with Crippen LogP contribution < -0.4 is 9.62 Å². The minimum absolute atomic E-state index is 0.0181. The Labute approximate surface area is 239 Å². The molecule has 0 saturated carbocycles. The van der Waals surface area contributed by atoms with Gasteiger partial charge >= 0.3 is 6.18 Å². The van der Waals surface area contributed by atoms with Crippen molar-refractivity contribution >= 4 is 27.5 Å². The Morgan fingerprint density at radius 2 is 1.56 bits per heavy atom. The zero-order valence-electron chi connectivity index (χ0n) is 23.4. The normalized spacial score (nSPS) is 13.2. The Bertz CT molecular complexity index is 1450. The molecule has 41 heavy (non-hydrogen) atoms. The highest BCUT2D eigenvalue weighted by Gasteiger charge is 2.35. The first-order valence-corrected chi connectivity index (χ1v) is 14.6. The van der Waals surface area contributed by atoms with E-state index in [1.54, 1.807) is 49.4 Å². The Kier molecular flexibility index (Phi) is 10.2. The molecule has 0 aliphatic rings. The fourth-order valence-corrected chi connectivity index (χ4v) is 5.44. The molecule has 0 radical (unpaired) electrons. The number of hydrogen-bond acceptors (Lipinski definition) is 4. The third-order valence-electron chi connectivity index (χ3n) is 6.71. The first-order valence-electron chi connectivity index (χ1n) is 13.1. The van der Waals surface area contributed by atoms with E-state index >= 15 is 0 Å². The molecule has 0 aliphatic heterocycles. The SMILES string of the molecule is CCC(C)NC(=O)C(C)N(Cc1ccccc1)C(=O)CN(c1cccc(C(F)(F)F)c1)S(=O)(=O)c1ccc(C)cc1. The van der Waals surface area contributed by atoms with Crippen LogP contribution in [0.5, 0.6) is 0 Å². The van der Waals surface area contributed by atoms with Crippen LogP contribution in [0.15, 0.2) is 83.8 Å². The minimum atomic E-state index is -4.73. The standard InChI is InChI=1S/C30H34F3N3O4S/c1-5-22(3)34-29(38)23(4)35(19-24-10-7-6-8-11-24)28(37)20-36(26-13-9-12-25(18-26)30(31,32)33)41(39,40)27-16-14-21(2)15-17-27/h6-18,22-23H,5,19-20H2,1-4H3,(H,34,38). The number of carbonyl (C=O) groups excluding carboxylic acids is 2. The molecule has 3 rings (SSSR count). The molecule has 0 heterocycles. The number of aryl methyl sites for hydroxylation is 1. The Morgan fingerprint density at radius 1 is 0.927 bits per heavy atom. The molecule has 11 heteroatoms. The summed E-state index contributed by atoms with van der Waals surface area (Å²) in [7, 11) is -4.49. The summed E-state index contributed by atoms with van der Waals surface area (Å²) >= 11 is 0. The van der Waals surface area contributed by atoms with Gasteiger partial charge in [0.2, 0.25) is 11.8 Å². The summed E-state index contributed by atoms with van der Waals surface area (Å²) in [6, 6.07) is 17.3. The fourth-order valence-electron chi connectivity index (χ4n) is 4.03. The highest BCUT2D eigenvalue weighted by Crippen LogP contribution is 2.33. The van der Waals surface area contributed by atoms with Crippen molar-refractivity contribution in [2.75, 3.05) is 10.8 Å². The Hall–Kier alpha value is -3.86. The van der Waals surface area contributed by atoms with Gasteiger partial charge in [0, 0.05) is 12.6 Å². The number of alkyl halides is 3. The first kappa shape index (κ1) is 31.7. The number of benzene rings is 3. The number of nitrogens with one attached hydrogen (secondary N) is 1. The average Bonchev–Trinajstić information content (AvgIpc) is 2.94. The van der Waals surface area contributed by atoms with Crippen molar-refractivity contribution < 1.29 is 31.2 Å². The van der Waals surface area contributed by atoms with Crippen LogP contribution in [0.2, 0.25) is 0 Å². The summed E-state index contributed by atoms with van der Waals surface area (Å²) in [6.07, 6.45) is -4.08. The second kappa shape index (κ2) is 13.2. The van der Waals surface area contributed by atoms with Crippen molar-refractivity contribution in [3.05, 3.63) is 95.6 Å². The molecule has 3 aromatic rings. The first-order chi connectivity index (χ1) is 19.2. The van der Waals surface area contributed by atoms with Gasteiger partial charge in [0.15, 0.2) is 0 Å².